The highest BCUT2D eigenvalue weighted by molar-refractivity contribution is 14.1. The van der Waals surface area contributed by atoms with Gasteiger partial charge in [0.2, 0.25) is 0 Å². The van der Waals surface area contributed by atoms with Crippen LogP contribution in [0.2, 0.25) is 0 Å². The van der Waals surface area contributed by atoms with Gasteiger partial charge >= 0.3 is 0 Å². The predicted octanol–water partition coefficient (Wildman–Crippen LogP) is 2.99. The van der Waals surface area contributed by atoms with Gasteiger partial charge in [-0.05, 0) is 71.1 Å². The van der Waals surface area contributed by atoms with Crippen LogP contribution in [0, 0.1) is 3.57 Å². The molecule has 0 aliphatic heterocycles. The van der Waals surface area contributed by atoms with Gasteiger partial charge in [-0.2, -0.15) is 0 Å². The molecule has 0 radical (unpaired) electrons. The van der Waals surface area contributed by atoms with Crippen LogP contribution >= 0.6 is 22.6 Å². The second kappa shape index (κ2) is 5.25. The van der Waals surface area contributed by atoms with Crippen molar-refractivity contribution in [2.75, 3.05) is 0 Å². The van der Waals surface area contributed by atoms with Crippen molar-refractivity contribution in [2.45, 2.75) is 4.90 Å². The average Bonchev–Trinajstić information content (AvgIpc) is 2.32. The number of rotatable bonds is 3. The summed E-state index contributed by atoms with van der Waals surface area (Å²) in [6.07, 6.45) is 0. The van der Waals surface area contributed by atoms with E-state index < -0.39 is 10.1 Å². The van der Waals surface area contributed by atoms with Crippen molar-refractivity contribution in [3.8, 4) is 11.5 Å². The monoisotopic (exact) mass is 375 g/mol. The molecule has 0 heterocycles. The molecule has 2 rings (SSSR count). The third kappa shape index (κ3) is 3.44. The second-order valence-electron chi connectivity index (χ2n) is 3.48. The van der Waals surface area contributed by atoms with Crippen LogP contribution in [-0.2, 0) is 10.1 Å². The lowest BCUT2D eigenvalue weighted by molar-refractivity contribution is 0.462. The van der Waals surface area contributed by atoms with Crippen LogP contribution in [0.3, 0.4) is 0 Å². The van der Waals surface area contributed by atoms with Crippen LogP contribution in [0.1, 0.15) is 0 Å². The fourth-order valence-electron chi connectivity index (χ4n) is 1.31. The Morgan fingerprint density at radius 3 is 1.78 bits per heavy atom. The minimum absolute atomic E-state index is 0.266. The topological polar surface area (TPSA) is 66.4 Å². The molecule has 0 atom stereocenters. The van der Waals surface area contributed by atoms with Gasteiger partial charge in [0.1, 0.15) is 21.6 Å². The molecule has 6 heteroatoms. The molecule has 0 aromatic heterocycles. The van der Waals surface area contributed by atoms with E-state index in [9.17, 15) is 13.0 Å². The predicted molar refractivity (Wildman–Crippen MR) is 73.6 cm³/mol. The van der Waals surface area contributed by atoms with E-state index in [0.29, 0.717) is 11.5 Å². The van der Waals surface area contributed by atoms with Gasteiger partial charge in [-0.25, -0.2) is 8.42 Å². The Labute approximate surface area is 118 Å². The fraction of sp³-hybridized carbons (Fsp3) is 0. The minimum Gasteiger partial charge on any atom is -0.744 e. The summed E-state index contributed by atoms with van der Waals surface area (Å²) in [5.74, 6) is 1.12. The van der Waals surface area contributed by atoms with E-state index in [0.717, 1.165) is 3.57 Å². The van der Waals surface area contributed by atoms with Crippen LogP contribution in [-0.4, -0.2) is 13.0 Å². The highest BCUT2D eigenvalue weighted by atomic mass is 127. The van der Waals surface area contributed by atoms with Crippen molar-refractivity contribution in [3.63, 3.8) is 0 Å². The Morgan fingerprint density at radius 2 is 1.33 bits per heavy atom. The van der Waals surface area contributed by atoms with Gasteiger partial charge in [-0.1, -0.05) is 0 Å². The Bertz CT molecular complexity index is 633. The highest BCUT2D eigenvalue weighted by Gasteiger charge is 2.02. The van der Waals surface area contributed by atoms with E-state index in [1.807, 2.05) is 12.1 Å². The summed E-state index contributed by atoms with van der Waals surface area (Å²) in [5.41, 5.74) is 0. The largest absolute Gasteiger partial charge is 0.744 e. The number of ether oxygens (including phenoxy) is 1. The maximum Gasteiger partial charge on any atom is 0.127 e. The fourth-order valence-corrected chi connectivity index (χ4v) is 2.14. The van der Waals surface area contributed by atoms with E-state index in [1.54, 1.807) is 12.1 Å². The third-order valence-electron chi connectivity index (χ3n) is 2.16. The summed E-state index contributed by atoms with van der Waals surface area (Å²) in [6, 6.07) is 12.7. The molecule has 0 spiro atoms. The molecule has 2 aromatic carbocycles. The zero-order valence-corrected chi connectivity index (χ0v) is 12.0. The molecular formula is C12H8IO4S-. The molecule has 4 nitrogen and oxygen atoms in total. The second-order valence-corrected chi connectivity index (χ2v) is 6.11. The molecule has 0 N–H and O–H groups in total. The summed E-state index contributed by atoms with van der Waals surface area (Å²) in [7, 11) is -4.40. The first-order valence-electron chi connectivity index (χ1n) is 4.94. The molecule has 0 bridgehead atoms. The molecule has 0 fully saturated rings. The number of hydrogen-bond donors (Lipinski definition) is 0. The van der Waals surface area contributed by atoms with E-state index in [-0.39, 0.29) is 4.90 Å². The number of halogens is 1. The van der Waals surface area contributed by atoms with Gasteiger partial charge in [-0.15, -0.1) is 0 Å². The Balaban J connectivity index is 2.18. The molecule has 0 saturated carbocycles. The van der Waals surface area contributed by atoms with Crippen LogP contribution in [0.25, 0.3) is 0 Å². The number of hydrogen-bond acceptors (Lipinski definition) is 4. The van der Waals surface area contributed by atoms with Crippen molar-refractivity contribution in [1.29, 1.82) is 0 Å². The molecule has 94 valence electrons. The summed E-state index contributed by atoms with van der Waals surface area (Å²) < 4.78 is 38.8. The molecule has 2 aromatic rings. The zero-order valence-electron chi connectivity index (χ0n) is 9.04. The van der Waals surface area contributed by atoms with Crippen molar-refractivity contribution in [2.24, 2.45) is 0 Å². The maximum atomic E-state index is 10.7. The van der Waals surface area contributed by atoms with Gasteiger partial charge in [0.05, 0.1) is 4.90 Å². The van der Waals surface area contributed by atoms with Crippen LogP contribution in [0.5, 0.6) is 11.5 Å². The minimum atomic E-state index is -4.40. The van der Waals surface area contributed by atoms with E-state index >= 15 is 0 Å². The maximum absolute atomic E-state index is 10.7. The van der Waals surface area contributed by atoms with Crippen molar-refractivity contribution < 1.29 is 17.7 Å². The first-order chi connectivity index (χ1) is 8.45. The zero-order chi connectivity index (χ0) is 13.2. The van der Waals surface area contributed by atoms with E-state index in [1.165, 1.54) is 24.3 Å². The molecule has 18 heavy (non-hydrogen) atoms. The van der Waals surface area contributed by atoms with Crippen LogP contribution in [0.15, 0.2) is 53.4 Å². The molecular weight excluding hydrogens is 367 g/mol. The Hall–Kier alpha value is -1.12. The SMILES string of the molecule is O=S(=O)([O-])c1ccc(Oc2ccc(I)cc2)cc1. The van der Waals surface area contributed by atoms with Crippen molar-refractivity contribution >= 4 is 32.7 Å². The smallest absolute Gasteiger partial charge is 0.127 e. The van der Waals surface area contributed by atoms with E-state index in [2.05, 4.69) is 22.6 Å². The summed E-state index contributed by atoms with van der Waals surface area (Å²) in [4.78, 5) is -0.266. The normalized spacial score (nSPS) is 11.2. The van der Waals surface area contributed by atoms with Gasteiger partial charge in [0, 0.05) is 3.57 Å². The molecule has 0 unspecified atom stereocenters. The van der Waals surface area contributed by atoms with Crippen molar-refractivity contribution in [1.82, 2.24) is 0 Å². The lowest BCUT2D eigenvalue weighted by atomic mass is 10.3. The summed E-state index contributed by atoms with van der Waals surface area (Å²) in [6.45, 7) is 0. The molecule has 0 aliphatic carbocycles. The summed E-state index contributed by atoms with van der Waals surface area (Å²) in [5, 5.41) is 0. The van der Waals surface area contributed by atoms with Gasteiger partial charge < -0.3 is 9.29 Å². The van der Waals surface area contributed by atoms with Crippen LogP contribution < -0.4 is 4.74 Å². The average molecular weight is 375 g/mol. The molecule has 0 amide bonds. The summed E-state index contributed by atoms with van der Waals surface area (Å²) >= 11 is 2.18. The van der Waals surface area contributed by atoms with E-state index in [4.69, 9.17) is 4.74 Å². The molecule has 0 aliphatic rings. The standard InChI is InChI=1S/C12H9IO4S/c13-9-1-3-10(4-2-9)17-11-5-7-12(8-6-11)18(14,15)16/h1-8H,(H,14,15,16)/p-1. The Kier molecular flexibility index (Phi) is 3.88. The first kappa shape index (κ1) is 13.3. The number of benzene rings is 2. The highest BCUT2D eigenvalue weighted by Crippen LogP contribution is 2.23. The lowest BCUT2D eigenvalue weighted by Gasteiger charge is -2.09. The molecule has 0 saturated heterocycles. The first-order valence-corrected chi connectivity index (χ1v) is 7.43. The van der Waals surface area contributed by atoms with Gasteiger partial charge in [0.15, 0.2) is 0 Å². The van der Waals surface area contributed by atoms with Gasteiger partial charge in [0.25, 0.3) is 0 Å². The lowest BCUT2D eigenvalue weighted by Crippen LogP contribution is -1.97. The van der Waals surface area contributed by atoms with Crippen molar-refractivity contribution in [3.05, 3.63) is 52.1 Å². The Morgan fingerprint density at radius 1 is 0.889 bits per heavy atom. The van der Waals surface area contributed by atoms with Gasteiger partial charge in [-0.3, -0.25) is 0 Å². The third-order valence-corrected chi connectivity index (χ3v) is 3.73. The van der Waals surface area contributed by atoms with Crippen LogP contribution in [0.4, 0.5) is 0 Å². The quantitative estimate of drug-likeness (QED) is 0.611.